The van der Waals surface area contributed by atoms with Gasteiger partial charge >= 0.3 is 5.97 Å². The van der Waals surface area contributed by atoms with Crippen LogP contribution >= 0.6 is 11.8 Å². The van der Waals surface area contributed by atoms with E-state index in [2.05, 4.69) is 0 Å². The first-order valence-corrected chi connectivity index (χ1v) is 8.04. The molecule has 0 saturated carbocycles. The molecule has 0 aliphatic heterocycles. The third kappa shape index (κ3) is 4.21. The molecule has 2 rings (SSSR count). The van der Waals surface area contributed by atoms with Crippen LogP contribution in [0.4, 0.5) is 0 Å². The Morgan fingerprint density at radius 1 is 0.955 bits per heavy atom. The number of carboxylic acid groups (broad SMARTS) is 1. The zero-order valence-corrected chi connectivity index (χ0v) is 13.1. The van der Waals surface area contributed by atoms with Crippen LogP contribution in [0.3, 0.4) is 0 Å². The second-order valence-electron chi connectivity index (χ2n) is 5.05. The summed E-state index contributed by atoms with van der Waals surface area (Å²) in [5, 5.41) is 9.59. The van der Waals surface area contributed by atoms with Gasteiger partial charge in [-0.2, -0.15) is 0 Å². The average molecular weight is 314 g/mol. The predicted molar refractivity (Wildman–Crippen MR) is 89.0 cm³/mol. The number of aliphatic carboxylic acids is 1. The summed E-state index contributed by atoms with van der Waals surface area (Å²) in [5.74, 6) is -1.55. The van der Waals surface area contributed by atoms with Crippen molar-refractivity contribution in [3.8, 4) is 0 Å². The predicted octanol–water partition coefficient (Wildman–Crippen LogP) is 3.80. The van der Waals surface area contributed by atoms with E-state index in [1.54, 1.807) is 0 Å². The van der Waals surface area contributed by atoms with Crippen LogP contribution in [0.5, 0.6) is 0 Å². The first-order chi connectivity index (χ1) is 10.6. The Labute approximate surface area is 134 Å². The fourth-order valence-electron chi connectivity index (χ4n) is 2.50. The molecule has 0 heterocycles. The monoisotopic (exact) mass is 314 g/mol. The van der Waals surface area contributed by atoms with Crippen molar-refractivity contribution in [1.82, 2.24) is 0 Å². The number of carbonyl (C=O) groups is 2. The molecule has 2 aromatic carbocycles. The van der Waals surface area contributed by atoms with E-state index in [0.717, 1.165) is 22.9 Å². The van der Waals surface area contributed by atoms with E-state index in [1.807, 2.05) is 60.7 Å². The summed E-state index contributed by atoms with van der Waals surface area (Å²) < 4.78 is 0. The van der Waals surface area contributed by atoms with Crippen molar-refractivity contribution < 1.29 is 14.7 Å². The Balaban J connectivity index is 2.42. The maximum Gasteiger partial charge on any atom is 0.308 e. The summed E-state index contributed by atoms with van der Waals surface area (Å²) in [6, 6.07) is 19.2. The van der Waals surface area contributed by atoms with Gasteiger partial charge in [-0.15, -0.1) is 0 Å². The molecular weight excluding hydrogens is 296 g/mol. The van der Waals surface area contributed by atoms with Crippen LogP contribution in [0.2, 0.25) is 0 Å². The summed E-state index contributed by atoms with van der Waals surface area (Å²) in [6.07, 6.45) is 0. The molecule has 2 aromatic rings. The van der Waals surface area contributed by atoms with Crippen LogP contribution < -0.4 is 0 Å². The lowest BCUT2D eigenvalue weighted by Gasteiger charge is -2.24. The van der Waals surface area contributed by atoms with Gasteiger partial charge in [0.25, 0.3) is 0 Å². The minimum absolute atomic E-state index is 0.0638. The van der Waals surface area contributed by atoms with E-state index in [4.69, 9.17) is 0 Å². The SMILES string of the molecule is CC(=O)SC[C@H](C(=O)O)C(c1ccccc1)c1ccccc1. The van der Waals surface area contributed by atoms with Gasteiger partial charge in [0.2, 0.25) is 0 Å². The molecule has 22 heavy (non-hydrogen) atoms. The number of benzene rings is 2. The lowest BCUT2D eigenvalue weighted by atomic mass is 9.81. The molecule has 4 heteroatoms. The highest BCUT2D eigenvalue weighted by Gasteiger charge is 2.31. The number of carboxylic acids is 1. The first kappa shape index (κ1) is 16.3. The van der Waals surface area contributed by atoms with Crippen molar-refractivity contribution in [2.24, 2.45) is 5.92 Å². The van der Waals surface area contributed by atoms with Crippen molar-refractivity contribution >= 4 is 22.8 Å². The van der Waals surface area contributed by atoms with E-state index in [0.29, 0.717) is 0 Å². The molecule has 0 spiro atoms. The fraction of sp³-hybridized carbons (Fsp3) is 0.222. The summed E-state index contributed by atoms with van der Waals surface area (Å²) in [4.78, 5) is 23.0. The molecule has 0 saturated heterocycles. The van der Waals surface area contributed by atoms with Gasteiger partial charge in [-0.1, -0.05) is 72.4 Å². The Morgan fingerprint density at radius 3 is 1.77 bits per heavy atom. The number of rotatable bonds is 6. The Hall–Kier alpha value is -2.07. The van der Waals surface area contributed by atoms with Crippen LogP contribution in [0.1, 0.15) is 24.0 Å². The fourth-order valence-corrected chi connectivity index (χ4v) is 3.24. The maximum atomic E-state index is 11.8. The van der Waals surface area contributed by atoms with Crippen molar-refractivity contribution in [3.63, 3.8) is 0 Å². The number of hydrogen-bond acceptors (Lipinski definition) is 3. The standard InChI is InChI=1S/C18H18O3S/c1-13(19)22-12-16(18(20)21)17(14-8-4-2-5-9-14)15-10-6-3-7-11-15/h2-11,16-17H,12H2,1H3,(H,20,21)/t16-/m0/s1. The van der Waals surface area contributed by atoms with E-state index < -0.39 is 11.9 Å². The molecule has 0 unspecified atom stereocenters. The first-order valence-electron chi connectivity index (χ1n) is 7.05. The number of carbonyl (C=O) groups excluding carboxylic acids is 1. The molecule has 0 bridgehead atoms. The van der Waals surface area contributed by atoms with E-state index in [-0.39, 0.29) is 16.8 Å². The molecule has 1 N–H and O–H groups in total. The highest BCUT2D eigenvalue weighted by molar-refractivity contribution is 8.13. The van der Waals surface area contributed by atoms with Crippen molar-refractivity contribution in [1.29, 1.82) is 0 Å². The van der Waals surface area contributed by atoms with Crippen LogP contribution in [0.15, 0.2) is 60.7 Å². The molecule has 0 radical (unpaired) electrons. The van der Waals surface area contributed by atoms with Gasteiger partial charge in [-0.25, -0.2) is 0 Å². The summed E-state index contributed by atoms with van der Waals surface area (Å²) in [5.41, 5.74) is 1.90. The summed E-state index contributed by atoms with van der Waals surface area (Å²) >= 11 is 1.07. The van der Waals surface area contributed by atoms with Gasteiger partial charge in [0.15, 0.2) is 5.12 Å². The van der Waals surface area contributed by atoms with Crippen molar-refractivity contribution in [3.05, 3.63) is 71.8 Å². The molecule has 0 fully saturated rings. The molecule has 0 aliphatic rings. The van der Waals surface area contributed by atoms with Gasteiger partial charge in [-0.05, 0) is 11.1 Å². The molecule has 0 amide bonds. The molecule has 114 valence electrons. The van der Waals surface area contributed by atoms with Crippen LogP contribution in [0.25, 0.3) is 0 Å². The number of thioether (sulfide) groups is 1. The quantitative estimate of drug-likeness (QED) is 0.881. The van der Waals surface area contributed by atoms with Gasteiger partial charge in [0.05, 0.1) is 5.92 Å². The highest BCUT2D eigenvalue weighted by Crippen LogP contribution is 2.34. The van der Waals surface area contributed by atoms with Gasteiger partial charge in [0, 0.05) is 18.6 Å². The minimum Gasteiger partial charge on any atom is -0.481 e. The Kier molecular flexibility index (Phi) is 5.78. The van der Waals surface area contributed by atoms with Gasteiger partial charge in [0.1, 0.15) is 0 Å². The van der Waals surface area contributed by atoms with E-state index >= 15 is 0 Å². The normalized spacial score (nSPS) is 12.1. The lowest BCUT2D eigenvalue weighted by Crippen LogP contribution is -2.25. The Bertz CT molecular complexity index is 586. The topological polar surface area (TPSA) is 54.4 Å². The van der Waals surface area contributed by atoms with Crippen molar-refractivity contribution in [2.75, 3.05) is 5.75 Å². The van der Waals surface area contributed by atoms with Crippen LogP contribution in [-0.4, -0.2) is 21.9 Å². The minimum atomic E-state index is -0.883. The maximum absolute atomic E-state index is 11.8. The van der Waals surface area contributed by atoms with Gasteiger partial charge in [-0.3, -0.25) is 9.59 Å². The molecule has 1 atom stereocenters. The van der Waals surface area contributed by atoms with E-state index in [9.17, 15) is 14.7 Å². The molecule has 0 aliphatic carbocycles. The second kappa shape index (κ2) is 7.80. The third-order valence-corrected chi connectivity index (χ3v) is 4.44. The average Bonchev–Trinajstić information content (AvgIpc) is 2.52. The number of hydrogen-bond donors (Lipinski definition) is 1. The molecular formula is C18H18O3S. The zero-order valence-electron chi connectivity index (χ0n) is 12.3. The zero-order chi connectivity index (χ0) is 15.9. The largest absolute Gasteiger partial charge is 0.481 e. The van der Waals surface area contributed by atoms with Gasteiger partial charge < -0.3 is 5.11 Å². The smallest absolute Gasteiger partial charge is 0.308 e. The lowest BCUT2D eigenvalue weighted by molar-refractivity contribution is -0.141. The summed E-state index contributed by atoms with van der Waals surface area (Å²) in [6.45, 7) is 1.46. The second-order valence-corrected chi connectivity index (χ2v) is 6.24. The van der Waals surface area contributed by atoms with Crippen LogP contribution in [0, 0.1) is 5.92 Å². The molecule has 3 nitrogen and oxygen atoms in total. The molecule has 0 aromatic heterocycles. The van der Waals surface area contributed by atoms with E-state index in [1.165, 1.54) is 6.92 Å². The Morgan fingerprint density at radius 2 is 1.41 bits per heavy atom. The third-order valence-electron chi connectivity index (χ3n) is 3.50. The highest BCUT2D eigenvalue weighted by atomic mass is 32.2. The summed E-state index contributed by atoms with van der Waals surface area (Å²) in [7, 11) is 0. The van der Waals surface area contributed by atoms with Crippen LogP contribution in [-0.2, 0) is 9.59 Å². The van der Waals surface area contributed by atoms with Crippen molar-refractivity contribution in [2.45, 2.75) is 12.8 Å².